The van der Waals surface area contributed by atoms with Crippen molar-refractivity contribution < 1.29 is 23.6 Å². The molecule has 1 saturated heterocycles. The number of carbonyl (C=O) groups is 2. The molecule has 1 N–H and O–H groups in total. The quantitative estimate of drug-likeness (QED) is 0.886. The van der Waals surface area contributed by atoms with Crippen LogP contribution < -0.4 is 0 Å². The van der Waals surface area contributed by atoms with Crippen LogP contribution in [0.4, 0.5) is 0 Å². The molecule has 0 bridgehead atoms. The number of aromatic carboxylic acids is 1. The molecule has 7 heteroatoms. The number of morpholine rings is 1. The van der Waals surface area contributed by atoms with E-state index in [-0.39, 0.29) is 11.5 Å². The Kier molecular flexibility index (Phi) is 5.08. The van der Waals surface area contributed by atoms with Crippen molar-refractivity contribution in [3.8, 4) is 0 Å². The van der Waals surface area contributed by atoms with Crippen LogP contribution in [0.1, 0.15) is 17.3 Å². The molecule has 1 aromatic carbocycles. The summed E-state index contributed by atoms with van der Waals surface area (Å²) in [5.41, 5.74) is 0.0619. The van der Waals surface area contributed by atoms with Gasteiger partial charge >= 0.3 is 5.97 Å². The van der Waals surface area contributed by atoms with Crippen molar-refractivity contribution in [3.63, 3.8) is 0 Å². The molecule has 0 radical (unpaired) electrons. The number of carboxylic acid groups (broad SMARTS) is 1. The second kappa shape index (κ2) is 6.82. The van der Waals surface area contributed by atoms with Crippen molar-refractivity contribution in [1.82, 2.24) is 4.90 Å². The number of nitrogens with zero attached hydrogens (tertiary/aromatic N) is 1. The monoisotopic (exact) mass is 311 g/mol. The van der Waals surface area contributed by atoms with Gasteiger partial charge in [0.2, 0.25) is 5.91 Å². The fraction of sp³-hybridized carbons (Fsp3) is 0.429. The van der Waals surface area contributed by atoms with Crippen LogP contribution in [0.25, 0.3) is 0 Å². The molecule has 1 aromatic rings. The highest BCUT2D eigenvalue weighted by Crippen LogP contribution is 2.16. The summed E-state index contributed by atoms with van der Waals surface area (Å²) in [6.45, 7) is 3.56. The maximum Gasteiger partial charge on any atom is 0.335 e. The average molecular weight is 311 g/mol. The highest BCUT2D eigenvalue weighted by molar-refractivity contribution is 7.86. The Hall–Kier alpha value is -1.73. The number of carbonyl (C=O) groups excluding carboxylic acids is 1. The Morgan fingerprint density at radius 2 is 2.00 bits per heavy atom. The van der Waals surface area contributed by atoms with Gasteiger partial charge in [-0.1, -0.05) is 6.07 Å². The molecule has 6 nitrogen and oxygen atoms in total. The predicted molar refractivity (Wildman–Crippen MR) is 76.7 cm³/mol. The smallest absolute Gasteiger partial charge is 0.335 e. The van der Waals surface area contributed by atoms with Crippen molar-refractivity contribution in [1.29, 1.82) is 0 Å². The SMILES string of the molecule is CC(C(=O)N1CCOCC1)S(=O)c1cccc(C(=O)O)c1. The highest BCUT2D eigenvalue weighted by Gasteiger charge is 2.27. The maximum absolute atomic E-state index is 12.4. The molecule has 1 aliphatic heterocycles. The van der Waals surface area contributed by atoms with Gasteiger partial charge in [-0.25, -0.2) is 4.79 Å². The number of hydrogen-bond acceptors (Lipinski definition) is 4. The molecule has 1 fully saturated rings. The van der Waals surface area contributed by atoms with Gasteiger partial charge in [-0.15, -0.1) is 0 Å². The third-order valence-corrected chi connectivity index (χ3v) is 4.87. The molecule has 2 unspecified atom stereocenters. The summed E-state index contributed by atoms with van der Waals surface area (Å²) in [6, 6.07) is 5.88. The zero-order valence-corrected chi connectivity index (χ0v) is 12.5. The Bertz CT molecular complexity index is 568. The third-order valence-electron chi connectivity index (χ3n) is 3.30. The molecule has 0 spiro atoms. The number of ether oxygens (including phenoxy) is 1. The zero-order valence-electron chi connectivity index (χ0n) is 11.7. The first-order valence-corrected chi connectivity index (χ1v) is 7.82. The Labute approximate surface area is 125 Å². The molecule has 2 rings (SSSR count). The standard InChI is InChI=1S/C14H17NO5S/c1-10(13(16)15-5-7-20-8-6-15)21(19)12-4-2-3-11(9-12)14(17)18/h2-4,9-10H,5-8H2,1H3,(H,17,18). The largest absolute Gasteiger partial charge is 0.478 e. The van der Waals surface area contributed by atoms with E-state index in [4.69, 9.17) is 9.84 Å². The van der Waals surface area contributed by atoms with E-state index in [9.17, 15) is 13.8 Å². The van der Waals surface area contributed by atoms with Crippen molar-refractivity contribution in [3.05, 3.63) is 29.8 Å². The summed E-state index contributed by atoms with van der Waals surface area (Å²) in [7, 11) is -1.58. The lowest BCUT2D eigenvalue weighted by molar-refractivity contribution is -0.134. The first kappa shape index (κ1) is 15.7. The third kappa shape index (κ3) is 3.68. The minimum Gasteiger partial charge on any atom is -0.478 e. The number of amides is 1. The van der Waals surface area contributed by atoms with E-state index >= 15 is 0 Å². The van der Waals surface area contributed by atoms with Gasteiger partial charge in [0.15, 0.2) is 0 Å². The number of hydrogen-bond donors (Lipinski definition) is 1. The van der Waals surface area contributed by atoms with E-state index in [0.29, 0.717) is 31.2 Å². The molecular weight excluding hydrogens is 294 g/mol. The topological polar surface area (TPSA) is 83.9 Å². The molecule has 0 aliphatic carbocycles. The van der Waals surface area contributed by atoms with Crippen LogP contribution in [-0.4, -0.2) is 57.6 Å². The number of benzene rings is 1. The van der Waals surface area contributed by atoms with Gasteiger partial charge in [-0.2, -0.15) is 0 Å². The predicted octanol–water partition coefficient (Wildman–Crippen LogP) is 0.740. The van der Waals surface area contributed by atoms with Gasteiger partial charge in [-0.3, -0.25) is 9.00 Å². The Morgan fingerprint density at radius 3 is 2.62 bits per heavy atom. The number of carboxylic acids is 1. The van der Waals surface area contributed by atoms with Crippen molar-refractivity contribution in [2.24, 2.45) is 0 Å². The van der Waals surface area contributed by atoms with E-state index in [2.05, 4.69) is 0 Å². The summed E-state index contributed by atoms with van der Waals surface area (Å²) >= 11 is 0. The van der Waals surface area contributed by atoms with Gasteiger partial charge in [0.25, 0.3) is 0 Å². The minimum absolute atomic E-state index is 0.0619. The fourth-order valence-corrected chi connectivity index (χ4v) is 3.29. The Balaban J connectivity index is 2.13. The van der Waals surface area contributed by atoms with Crippen molar-refractivity contribution in [2.75, 3.05) is 26.3 Å². The molecule has 1 heterocycles. The first-order chi connectivity index (χ1) is 10.0. The summed E-state index contributed by atoms with van der Waals surface area (Å²) in [4.78, 5) is 25.2. The lowest BCUT2D eigenvalue weighted by Crippen LogP contribution is -2.45. The minimum atomic E-state index is -1.58. The van der Waals surface area contributed by atoms with Crippen LogP contribution in [0.3, 0.4) is 0 Å². The van der Waals surface area contributed by atoms with Gasteiger partial charge in [0.1, 0.15) is 5.25 Å². The highest BCUT2D eigenvalue weighted by atomic mass is 32.2. The van der Waals surface area contributed by atoms with Gasteiger partial charge in [0, 0.05) is 18.0 Å². The first-order valence-electron chi connectivity index (χ1n) is 6.61. The van der Waals surface area contributed by atoms with Crippen molar-refractivity contribution >= 4 is 22.7 Å². The molecular formula is C14H17NO5S. The van der Waals surface area contributed by atoms with Gasteiger partial charge in [0.05, 0.1) is 29.6 Å². The molecule has 0 aromatic heterocycles. The number of rotatable bonds is 4. The van der Waals surface area contributed by atoms with Crippen LogP contribution in [0, 0.1) is 0 Å². The summed E-state index contributed by atoms with van der Waals surface area (Å²) < 4.78 is 17.6. The molecule has 1 amide bonds. The summed E-state index contributed by atoms with van der Waals surface area (Å²) in [5.74, 6) is -1.28. The summed E-state index contributed by atoms with van der Waals surface area (Å²) in [5, 5.41) is 8.24. The lowest BCUT2D eigenvalue weighted by atomic mass is 10.2. The second-order valence-electron chi connectivity index (χ2n) is 4.71. The van der Waals surface area contributed by atoms with Crippen LogP contribution >= 0.6 is 0 Å². The van der Waals surface area contributed by atoms with Crippen LogP contribution in [0.5, 0.6) is 0 Å². The van der Waals surface area contributed by atoms with E-state index < -0.39 is 22.0 Å². The molecule has 0 saturated carbocycles. The van der Waals surface area contributed by atoms with Gasteiger partial charge < -0.3 is 14.7 Å². The molecule has 114 valence electrons. The fourth-order valence-electron chi connectivity index (χ4n) is 2.09. The average Bonchev–Trinajstić information content (AvgIpc) is 2.53. The van der Waals surface area contributed by atoms with E-state index in [1.807, 2.05) is 0 Å². The van der Waals surface area contributed by atoms with Gasteiger partial charge in [-0.05, 0) is 25.1 Å². The van der Waals surface area contributed by atoms with E-state index in [0.717, 1.165) is 0 Å². The van der Waals surface area contributed by atoms with E-state index in [1.165, 1.54) is 18.2 Å². The van der Waals surface area contributed by atoms with Crippen molar-refractivity contribution in [2.45, 2.75) is 17.1 Å². The maximum atomic E-state index is 12.4. The lowest BCUT2D eigenvalue weighted by Gasteiger charge is -2.29. The molecule has 21 heavy (non-hydrogen) atoms. The second-order valence-corrected chi connectivity index (χ2v) is 6.48. The normalized spacial score (nSPS) is 18.0. The molecule has 1 aliphatic rings. The van der Waals surface area contributed by atoms with Crippen LogP contribution in [0.2, 0.25) is 0 Å². The summed E-state index contributed by atoms with van der Waals surface area (Å²) in [6.07, 6.45) is 0. The van der Waals surface area contributed by atoms with Crippen LogP contribution in [0.15, 0.2) is 29.2 Å². The van der Waals surface area contributed by atoms with Crippen LogP contribution in [-0.2, 0) is 20.3 Å². The Morgan fingerprint density at radius 1 is 1.33 bits per heavy atom. The zero-order chi connectivity index (χ0) is 15.4. The van der Waals surface area contributed by atoms with E-state index in [1.54, 1.807) is 17.9 Å². The molecule has 2 atom stereocenters.